The van der Waals surface area contributed by atoms with Gasteiger partial charge in [-0.1, -0.05) is 0 Å². The minimum atomic E-state index is -0.594. The van der Waals surface area contributed by atoms with Crippen molar-refractivity contribution >= 4 is 22.7 Å². The molecule has 1 N–H and O–H groups in total. The Morgan fingerprint density at radius 2 is 1.70 bits per heavy atom. The number of aliphatic hydroxyl groups excluding tert-OH is 1. The summed E-state index contributed by atoms with van der Waals surface area (Å²) < 4.78 is 7.47. The Morgan fingerprint density at radius 1 is 1.03 bits per heavy atom. The van der Waals surface area contributed by atoms with Crippen LogP contribution >= 0.6 is 0 Å². The smallest absolute Gasteiger partial charge is 0.274 e. The maximum Gasteiger partial charge on any atom is 0.274 e. The highest BCUT2D eigenvalue weighted by atomic mass is 16.5. The third-order valence-electron chi connectivity index (χ3n) is 7.42. The Bertz CT molecular complexity index is 1500. The topological polar surface area (TPSA) is 127 Å². The van der Waals surface area contributed by atoms with Gasteiger partial charge < -0.3 is 24.2 Å². The molecule has 5 heterocycles. The molecule has 0 bridgehead atoms. The molecule has 1 spiro atoms. The number of hydrogen-bond acceptors (Lipinski definition) is 8. The van der Waals surface area contributed by atoms with Crippen LogP contribution in [-0.4, -0.2) is 84.6 Å². The maximum atomic E-state index is 13.7. The number of aliphatic hydroxyl groups is 1. The molecule has 3 aromatic heterocycles. The minimum absolute atomic E-state index is 0.201. The van der Waals surface area contributed by atoms with Crippen molar-refractivity contribution in [3.63, 3.8) is 0 Å². The van der Waals surface area contributed by atoms with E-state index in [0.717, 1.165) is 22.2 Å². The number of hydrogen-bond donors (Lipinski definition) is 1. The molecule has 188 valence electrons. The summed E-state index contributed by atoms with van der Waals surface area (Å²) in [5.41, 5.74) is 2.74. The number of methoxy groups -OCH3 is 1. The largest absolute Gasteiger partial charge is 0.497 e. The van der Waals surface area contributed by atoms with Crippen LogP contribution in [0.4, 0.5) is 0 Å². The highest BCUT2D eigenvalue weighted by Crippen LogP contribution is 2.50. The Labute approximate surface area is 212 Å². The summed E-state index contributed by atoms with van der Waals surface area (Å²) in [4.78, 5) is 46.6. The van der Waals surface area contributed by atoms with Crippen molar-refractivity contribution in [3.05, 3.63) is 78.0 Å². The number of fused-ring (bicyclic) bond motifs is 4. The zero-order valence-corrected chi connectivity index (χ0v) is 20.4. The highest BCUT2D eigenvalue weighted by molar-refractivity contribution is 5.96. The first-order valence-corrected chi connectivity index (χ1v) is 11.9. The zero-order valence-electron chi connectivity index (χ0n) is 20.4. The molecule has 1 fully saturated rings. The van der Waals surface area contributed by atoms with E-state index in [4.69, 9.17) is 4.74 Å². The lowest BCUT2D eigenvalue weighted by Crippen LogP contribution is -2.68. The van der Waals surface area contributed by atoms with Crippen LogP contribution in [0.15, 0.2) is 55.4 Å². The Morgan fingerprint density at radius 3 is 2.30 bits per heavy atom. The predicted molar refractivity (Wildman–Crippen MR) is 132 cm³/mol. The normalized spacial score (nSPS) is 18.0. The van der Waals surface area contributed by atoms with Crippen LogP contribution in [0, 0.1) is 0 Å². The molecule has 1 saturated heterocycles. The number of amides is 2. The molecule has 37 heavy (non-hydrogen) atoms. The monoisotopic (exact) mass is 499 g/mol. The van der Waals surface area contributed by atoms with Crippen molar-refractivity contribution in [3.8, 4) is 5.75 Å². The van der Waals surface area contributed by atoms with E-state index < -0.39 is 11.5 Å². The van der Waals surface area contributed by atoms with Gasteiger partial charge >= 0.3 is 0 Å². The van der Waals surface area contributed by atoms with E-state index in [1.807, 2.05) is 29.8 Å². The average Bonchev–Trinajstić information content (AvgIpc) is 3.23. The highest BCUT2D eigenvalue weighted by Gasteiger charge is 2.55. The molecule has 1 atom stereocenters. The van der Waals surface area contributed by atoms with Crippen LogP contribution in [0.3, 0.4) is 0 Å². The van der Waals surface area contributed by atoms with Crippen molar-refractivity contribution in [1.29, 1.82) is 0 Å². The molecule has 11 nitrogen and oxygen atoms in total. The summed E-state index contributed by atoms with van der Waals surface area (Å²) in [5.74, 6) is 0.178. The Hall–Kier alpha value is -4.38. The SMILES string of the molecule is COc1ccc2c3c(n(C)c2c1)[C@H](CO)N(C(=O)c1cnccn1)CC31CN(C(=O)c2cnccn2)C1. The van der Waals surface area contributed by atoms with E-state index in [0.29, 0.717) is 25.4 Å². The van der Waals surface area contributed by atoms with Crippen LogP contribution in [0.5, 0.6) is 5.75 Å². The third kappa shape index (κ3) is 3.45. The van der Waals surface area contributed by atoms with Crippen LogP contribution in [-0.2, 0) is 12.5 Å². The lowest BCUT2D eigenvalue weighted by Gasteiger charge is -2.56. The van der Waals surface area contributed by atoms with E-state index in [9.17, 15) is 14.7 Å². The fourth-order valence-corrected chi connectivity index (χ4v) is 5.79. The molecule has 1 aromatic carbocycles. The molecule has 0 unspecified atom stereocenters. The first kappa shape index (κ1) is 23.0. The van der Waals surface area contributed by atoms with Gasteiger partial charge in [-0.25, -0.2) is 9.97 Å². The van der Waals surface area contributed by atoms with Crippen molar-refractivity contribution in [1.82, 2.24) is 34.3 Å². The lowest BCUT2D eigenvalue weighted by atomic mass is 9.68. The fourth-order valence-electron chi connectivity index (χ4n) is 5.79. The van der Waals surface area contributed by atoms with Gasteiger partial charge in [0.15, 0.2) is 0 Å². The van der Waals surface area contributed by atoms with Gasteiger partial charge in [0.2, 0.25) is 0 Å². The summed E-state index contributed by atoms with van der Waals surface area (Å²) in [6, 6.07) is 5.27. The molecular formula is C26H25N7O4. The number of aromatic nitrogens is 5. The Kier molecular flexibility index (Phi) is 5.37. The number of rotatable bonds is 4. The van der Waals surface area contributed by atoms with Gasteiger partial charge in [0.05, 0.1) is 43.1 Å². The van der Waals surface area contributed by atoms with Crippen LogP contribution in [0.2, 0.25) is 0 Å². The van der Waals surface area contributed by atoms with E-state index in [-0.39, 0.29) is 29.8 Å². The second-order valence-electron chi connectivity index (χ2n) is 9.46. The molecular weight excluding hydrogens is 474 g/mol. The van der Waals surface area contributed by atoms with Crippen LogP contribution in [0.25, 0.3) is 10.9 Å². The number of carbonyl (C=O) groups is 2. The second kappa shape index (κ2) is 8.63. The van der Waals surface area contributed by atoms with E-state index in [1.54, 1.807) is 16.9 Å². The molecule has 4 aromatic rings. The first-order valence-electron chi connectivity index (χ1n) is 11.9. The van der Waals surface area contributed by atoms with E-state index >= 15 is 0 Å². The quantitative estimate of drug-likeness (QED) is 0.446. The predicted octanol–water partition coefficient (Wildman–Crippen LogP) is 1.35. The van der Waals surface area contributed by atoms with Gasteiger partial charge in [0, 0.05) is 68.6 Å². The number of nitrogens with zero attached hydrogens (tertiary/aromatic N) is 7. The zero-order chi connectivity index (χ0) is 25.7. The fraction of sp³-hybridized carbons (Fsp3) is 0.308. The van der Waals surface area contributed by atoms with E-state index in [1.165, 1.54) is 37.2 Å². The maximum absolute atomic E-state index is 13.7. The van der Waals surface area contributed by atoms with Crippen molar-refractivity contribution in [2.75, 3.05) is 33.4 Å². The standard InChI is InChI=1S/C26H25N7O4/c1-31-20-9-16(37-2)3-4-17(20)22-23(31)21(12-34)33(25(36)19-11-28-6-8-30-19)15-26(22)13-32(14-26)24(35)18-10-27-5-7-29-18/h3-11,21,34H,12-15H2,1-2H3/t21-/m0/s1. The summed E-state index contributed by atoms with van der Waals surface area (Å²) in [7, 11) is 3.54. The summed E-state index contributed by atoms with van der Waals surface area (Å²) >= 11 is 0. The number of aryl methyl sites for hydroxylation is 1. The Balaban J connectivity index is 1.48. The minimum Gasteiger partial charge on any atom is -0.497 e. The van der Waals surface area contributed by atoms with Crippen molar-refractivity contribution in [2.45, 2.75) is 11.5 Å². The van der Waals surface area contributed by atoms with Gasteiger partial charge in [-0.3, -0.25) is 19.6 Å². The molecule has 0 aliphatic carbocycles. The lowest BCUT2D eigenvalue weighted by molar-refractivity contribution is 0.00182. The number of benzene rings is 1. The summed E-state index contributed by atoms with van der Waals surface area (Å²) in [5, 5.41) is 11.6. The summed E-state index contributed by atoms with van der Waals surface area (Å²) in [6.07, 6.45) is 8.88. The average molecular weight is 500 g/mol. The molecule has 2 aliphatic heterocycles. The van der Waals surface area contributed by atoms with Crippen LogP contribution in [0.1, 0.15) is 38.3 Å². The van der Waals surface area contributed by atoms with Crippen molar-refractivity contribution in [2.24, 2.45) is 7.05 Å². The molecule has 11 heteroatoms. The van der Waals surface area contributed by atoms with E-state index in [2.05, 4.69) is 19.9 Å². The molecule has 6 rings (SSSR count). The van der Waals surface area contributed by atoms with Gasteiger partial charge in [-0.05, 0) is 17.7 Å². The summed E-state index contributed by atoms with van der Waals surface area (Å²) in [6.45, 7) is 0.834. The van der Waals surface area contributed by atoms with Crippen molar-refractivity contribution < 1.29 is 19.4 Å². The van der Waals surface area contributed by atoms with Gasteiger partial charge in [0.1, 0.15) is 17.1 Å². The molecule has 0 radical (unpaired) electrons. The molecule has 0 saturated carbocycles. The first-order chi connectivity index (χ1) is 18.0. The molecule has 2 amide bonds. The number of likely N-dealkylation sites (tertiary alicyclic amines) is 1. The number of ether oxygens (including phenoxy) is 1. The molecule has 2 aliphatic rings. The van der Waals surface area contributed by atoms with Crippen LogP contribution < -0.4 is 4.74 Å². The second-order valence-corrected chi connectivity index (χ2v) is 9.46. The van der Waals surface area contributed by atoms with Gasteiger partial charge in [-0.2, -0.15) is 0 Å². The third-order valence-corrected chi connectivity index (χ3v) is 7.42. The number of carbonyl (C=O) groups excluding carboxylic acids is 2. The van der Waals surface area contributed by atoms with Gasteiger partial charge in [0.25, 0.3) is 11.8 Å². The van der Waals surface area contributed by atoms with Gasteiger partial charge in [-0.15, -0.1) is 0 Å².